The fraction of sp³-hybridized carbons (Fsp3) is 0.400. The number of anilines is 1. The Morgan fingerprint density at radius 2 is 2.16 bits per heavy atom. The molecule has 4 heteroatoms. The van der Waals surface area contributed by atoms with Gasteiger partial charge in [-0.3, -0.25) is 4.79 Å². The molecule has 0 bridgehead atoms. The Hall–Kier alpha value is -1.81. The Kier molecular flexibility index (Phi) is 3.25. The van der Waals surface area contributed by atoms with Gasteiger partial charge in [0.1, 0.15) is 5.82 Å². The van der Waals surface area contributed by atoms with Gasteiger partial charge < -0.3 is 15.0 Å². The van der Waals surface area contributed by atoms with Crippen molar-refractivity contribution in [3.8, 4) is 0 Å². The zero-order chi connectivity index (χ0) is 13.2. The van der Waals surface area contributed by atoms with E-state index in [1.807, 2.05) is 37.3 Å². The lowest BCUT2D eigenvalue weighted by molar-refractivity contribution is 0.00292. The molecule has 1 aromatic heterocycles. The van der Waals surface area contributed by atoms with Crippen LogP contribution in [0.5, 0.6) is 0 Å². The summed E-state index contributed by atoms with van der Waals surface area (Å²) >= 11 is 0. The summed E-state index contributed by atoms with van der Waals surface area (Å²) in [5, 5.41) is 5.06. The third-order valence-electron chi connectivity index (χ3n) is 3.61. The van der Waals surface area contributed by atoms with Gasteiger partial charge in [-0.25, -0.2) is 0 Å². The number of aromatic nitrogens is 1. The van der Waals surface area contributed by atoms with Gasteiger partial charge in [0.25, 0.3) is 5.56 Å². The van der Waals surface area contributed by atoms with Crippen molar-refractivity contribution in [3.63, 3.8) is 0 Å². The normalized spacial score (nSPS) is 22.2. The first kappa shape index (κ1) is 12.2. The first-order valence-corrected chi connectivity index (χ1v) is 6.76. The largest absolute Gasteiger partial charge is 0.378 e. The van der Waals surface area contributed by atoms with Crippen molar-refractivity contribution in [1.82, 2.24) is 4.98 Å². The van der Waals surface area contributed by atoms with E-state index < -0.39 is 0 Å². The van der Waals surface area contributed by atoms with Gasteiger partial charge in [0, 0.05) is 18.0 Å². The summed E-state index contributed by atoms with van der Waals surface area (Å²) in [4.78, 5) is 14.8. The van der Waals surface area contributed by atoms with Crippen LogP contribution in [0.15, 0.2) is 35.1 Å². The number of benzene rings is 1. The minimum Gasteiger partial charge on any atom is -0.378 e. The van der Waals surface area contributed by atoms with E-state index in [9.17, 15) is 4.79 Å². The van der Waals surface area contributed by atoms with Crippen molar-refractivity contribution in [3.05, 3.63) is 40.7 Å². The van der Waals surface area contributed by atoms with Gasteiger partial charge in [0.2, 0.25) is 0 Å². The molecule has 1 fully saturated rings. The standard InChI is InChI=1S/C15H18N2O2/c1-2-19-12-8-11(9-12)16-14-7-10-5-3-4-6-13(10)15(18)17-14/h3-7,11-12H,2,8-9H2,1H3,(H2,16,17,18). The Balaban J connectivity index is 1.74. The van der Waals surface area contributed by atoms with Gasteiger partial charge >= 0.3 is 0 Å². The first-order valence-electron chi connectivity index (χ1n) is 6.76. The lowest BCUT2D eigenvalue weighted by Crippen LogP contribution is -2.41. The molecular weight excluding hydrogens is 240 g/mol. The van der Waals surface area contributed by atoms with Crippen LogP contribution in [0.2, 0.25) is 0 Å². The molecule has 1 aliphatic rings. The van der Waals surface area contributed by atoms with Crippen molar-refractivity contribution in [2.45, 2.75) is 31.9 Å². The summed E-state index contributed by atoms with van der Waals surface area (Å²) in [5.41, 5.74) is -0.0405. The predicted octanol–water partition coefficient (Wildman–Crippen LogP) is 2.51. The van der Waals surface area contributed by atoms with E-state index in [4.69, 9.17) is 4.74 Å². The summed E-state index contributed by atoms with van der Waals surface area (Å²) in [6.07, 6.45) is 2.38. The van der Waals surface area contributed by atoms with E-state index >= 15 is 0 Å². The predicted molar refractivity (Wildman–Crippen MR) is 76.6 cm³/mol. The fourth-order valence-corrected chi connectivity index (χ4v) is 2.56. The third kappa shape index (κ3) is 2.49. The third-order valence-corrected chi connectivity index (χ3v) is 3.61. The molecule has 1 heterocycles. The van der Waals surface area contributed by atoms with Gasteiger partial charge in [-0.15, -0.1) is 0 Å². The first-order chi connectivity index (χ1) is 9.26. The second-order valence-corrected chi connectivity index (χ2v) is 4.99. The average molecular weight is 258 g/mol. The van der Waals surface area contributed by atoms with Crippen LogP contribution < -0.4 is 10.9 Å². The zero-order valence-corrected chi connectivity index (χ0v) is 11.0. The quantitative estimate of drug-likeness (QED) is 0.886. The number of aromatic amines is 1. The zero-order valence-electron chi connectivity index (χ0n) is 11.0. The van der Waals surface area contributed by atoms with Gasteiger partial charge in [-0.2, -0.15) is 0 Å². The lowest BCUT2D eigenvalue weighted by Gasteiger charge is -2.35. The Labute approximate surface area is 111 Å². The molecule has 0 unspecified atom stereocenters. The number of ether oxygens (including phenoxy) is 1. The number of nitrogens with one attached hydrogen (secondary N) is 2. The minimum absolute atomic E-state index is 0.0405. The number of pyridine rings is 1. The maximum atomic E-state index is 11.9. The van der Waals surface area contributed by atoms with Crippen molar-refractivity contribution in [2.75, 3.05) is 11.9 Å². The number of rotatable bonds is 4. The van der Waals surface area contributed by atoms with Crippen LogP contribution in [0.1, 0.15) is 19.8 Å². The Bertz CT molecular complexity index is 629. The maximum absolute atomic E-state index is 11.9. The van der Waals surface area contributed by atoms with Gasteiger partial charge in [-0.1, -0.05) is 18.2 Å². The SMILES string of the molecule is CCOC1CC(Nc2cc3ccccc3c(=O)[nH]2)C1. The molecule has 1 saturated carbocycles. The van der Waals surface area contributed by atoms with E-state index in [0.717, 1.165) is 36.0 Å². The molecule has 0 amide bonds. The molecule has 1 aromatic carbocycles. The highest BCUT2D eigenvalue weighted by Gasteiger charge is 2.29. The van der Waals surface area contributed by atoms with Crippen molar-refractivity contribution >= 4 is 16.6 Å². The summed E-state index contributed by atoms with van der Waals surface area (Å²) < 4.78 is 5.53. The van der Waals surface area contributed by atoms with E-state index in [1.165, 1.54) is 0 Å². The highest BCUT2D eigenvalue weighted by molar-refractivity contribution is 5.83. The molecular formula is C15H18N2O2. The molecule has 0 radical (unpaired) electrons. The molecule has 3 rings (SSSR count). The monoisotopic (exact) mass is 258 g/mol. The van der Waals surface area contributed by atoms with Crippen LogP contribution in [0.3, 0.4) is 0 Å². The van der Waals surface area contributed by atoms with Crippen LogP contribution in [0.4, 0.5) is 5.82 Å². The van der Waals surface area contributed by atoms with Crippen molar-refractivity contribution < 1.29 is 4.74 Å². The molecule has 0 atom stereocenters. The van der Waals surface area contributed by atoms with E-state index in [2.05, 4.69) is 10.3 Å². The fourth-order valence-electron chi connectivity index (χ4n) is 2.56. The van der Waals surface area contributed by atoms with Crippen LogP contribution in [-0.2, 0) is 4.74 Å². The van der Waals surface area contributed by atoms with Crippen molar-refractivity contribution in [1.29, 1.82) is 0 Å². The molecule has 0 saturated heterocycles. The number of fused-ring (bicyclic) bond motifs is 1. The highest BCUT2D eigenvalue weighted by atomic mass is 16.5. The molecule has 0 spiro atoms. The molecule has 100 valence electrons. The molecule has 2 N–H and O–H groups in total. The van der Waals surface area contributed by atoms with Crippen molar-refractivity contribution in [2.24, 2.45) is 0 Å². The van der Waals surface area contributed by atoms with Crippen LogP contribution >= 0.6 is 0 Å². The van der Waals surface area contributed by atoms with Crippen LogP contribution in [0, 0.1) is 0 Å². The molecule has 1 aliphatic carbocycles. The van der Waals surface area contributed by atoms with Crippen LogP contribution in [-0.4, -0.2) is 23.7 Å². The highest BCUT2D eigenvalue weighted by Crippen LogP contribution is 2.26. The summed E-state index contributed by atoms with van der Waals surface area (Å²) in [7, 11) is 0. The number of hydrogen-bond acceptors (Lipinski definition) is 3. The maximum Gasteiger partial charge on any atom is 0.257 e. The van der Waals surface area contributed by atoms with Gasteiger partial charge in [-0.05, 0) is 37.3 Å². The Morgan fingerprint density at radius 3 is 2.95 bits per heavy atom. The summed E-state index contributed by atoms with van der Waals surface area (Å²) in [5.74, 6) is 0.795. The molecule has 19 heavy (non-hydrogen) atoms. The summed E-state index contributed by atoms with van der Waals surface area (Å²) in [6, 6.07) is 10.0. The lowest BCUT2D eigenvalue weighted by atomic mass is 9.89. The second kappa shape index (κ2) is 5.05. The Morgan fingerprint density at radius 1 is 1.37 bits per heavy atom. The van der Waals surface area contributed by atoms with Crippen LogP contribution in [0.25, 0.3) is 10.8 Å². The summed E-state index contributed by atoms with van der Waals surface area (Å²) in [6.45, 7) is 2.78. The smallest absolute Gasteiger partial charge is 0.257 e. The van der Waals surface area contributed by atoms with E-state index in [1.54, 1.807) is 0 Å². The minimum atomic E-state index is -0.0405. The van der Waals surface area contributed by atoms with E-state index in [-0.39, 0.29) is 5.56 Å². The molecule has 4 nitrogen and oxygen atoms in total. The molecule has 0 aliphatic heterocycles. The molecule has 2 aromatic rings. The number of H-pyrrole nitrogens is 1. The topological polar surface area (TPSA) is 54.1 Å². The van der Waals surface area contributed by atoms with E-state index in [0.29, 0.717) is 12.1 Å². The number of hydrogen-bond donors (Lipinski definition) is 2. The van der Waals surface area contributed by atoms with Gasteiger partial charge in [0.15, 0.2) is 0 Å². The second-order valence-electron chi connectivity index (χ2n) is 4.99. The average Bonchev–Trinajstić information content (AvgIpc) is 2.36. The van der Waals surface area contributed by atoms with Gasteiger partial charge in [0.05, 0.1) is 6.10 Å².